The van der Waals surface area contributed by atoms with Gasteiger partial charge in [0.15, 0.2) is 0 Å². The molecule has 1 aliphatic heterocycles. The maximum Gasteiger partial charge on any atom is 0.244 e. The second kappa shape index (κ2) is 5.36. The van der Waals surface area contributed by atoms with E-state index in [0.29, 0.717) is 16.6 Å². The summed E-state index contributed by atoms with van der Waals surface area (Å²) in [5, 5.41) is 9.39. The Morgan fingerprint density at radius 3 is 2.75 bits per heavy atom. The molecule has 20 heavy (non-hydrogen) atoms. The highest BCUT2D eigenvalue weighted by Gasteiger charge is 2.33. The van der Waals surface area contributed by atoms with Crippen LogP contribution in [0.25, 0.3) is 0 Å². The third-order valence-corrected chi connectivity index (χ3v) is 7.13. The van der Waals surface area contributed by atoms with E-state index in [4.69, 9.17) is 0 Å². The van der Waals surface area contributed by atoms with Gasteiger partial charge in [-0.2, -0.15) is 16.1 Å². The van der Waals surface area contributed by atoms with E-state index in [1.807, 2.05) is 4.57 Å². The molecule has 2 fully saturated rings. The van der Waals surface area contributed by atoms with Gasteiger partial charge in [-0.15, -0.1) is 0 Å². The number of sulfonamides is 1. The van der Waals surface area contributed by atoms with Crippen LogP contribution < -0.4 is 0 Å². The van der Waals surface area contributed by atoms with E-state index < -0.39 is 10.0 Å². The Hall–Kier alpha value is -0.500. The van der Waals surface area contributed by atoms with Gasteiger partial charge in [0.2, 0.25) is 10.0 Å². The molecule has 1 atom stereocenters. The first-order valence-electron chi connectivity index (χ1n) is 6.91. The highest BCUT2D eigenvalue weighted by molar-refractivity contribution is 7.99. The molecule has 2 heterocycles. The van der Waals surface area contributed by atoms with Crippen LogP contribution in [0.2, 0.25) is 0 Å². The number of rotatable bonds is 5. The standard InChI is InChI=1S/C13H20N2O3S2/c1-14(11-4-5-19-9-11)20(17,18)13-6-12(8-16)15(7-13)10-2-3-10/h6-7,10-11,16H,2-5,8-9H2,1H3. The molecule has 0 spiro atoms. The van der Waals surface area contributed by atoms with E-state index in [2.05, 4.69) is 0 Å². The van der Waals surface area contributed by atoms with Crippen LogP contribution >= 0.6 is 11.8 Å². The van der Waals surface area contributed by atoms with Crippen LogP contribution in [0.4, 0.5) is 0 Å². The summed E-state index contributed by atoms with van der Waals surface area (Å²) in [7, 11) is -1.79. The molecule has 1 aromatic heterocycles. The highest BCUT2D eigenvalue weighted by Crippen LogP contribution is 2.38. The number of aliphatic hydroxyl groups excluding tert-OH is 1. The normalized spacial score (nSPS) is 23.6. The SMILES string of the molecule is CN(C1CCSC1)S(=O)(=O)c1cc(CO)n(C2CC2)c1. The Morgan fingerprint density at radius 1 is 1.45 bits per heavy atom. The monoisotopic (exact) mass is 316 g/mol. The topological polar surface area (TPSA) is 62.5 Å². The molecule has 2 aliphatic rings. The molecule has 3 rings (SSSR count). The second-order valence-corrected chi connectivity index (χ2v) is 8.65. The summed E-state index contributed by atoms with van der Waals surface area (Å²) in [6.45, 7) is -0.116. The van der Waals surface area contributed by atoms with Crippen LogP contribution in [0.3, 0.4) is 0 Å². The van der Waals surface area contributed by atoms with E-state index in [9.17, 15) is 13.5 Å². The fourth-order valence-electron chi connectivity index (χ4n) is 2.63. The summed E-state index contributed by atoms with van der Waals surface area (Å²) in [4.78, 5) is 0.313. The fourth-order valence-corrected chi connectivity index (χ4v) is 5.43. The van der Waals surface area contributed by atoms with E-state index >= 15 is 0 Å². The quantitative estimate of drug-likeness (QED) is 0.893. The minimum Gasteiger partial charge on any atom is -0.390 e. The minimum atomic E-state index is -3.45. The van der Waals surface area contributed by atoms with Gasteiger partial charge in [-0.25, -0.2) is 8.42 Å². The van der Waals surface area contributed by atoms with E-state index in [-0.39, 0.29) is 12.6 Å². The Morgan fingerprint density at radius 2 is 2.20 bits per heavy atom. The number of hydrogen-bond donors (Lipinski definition) is 1. The van der Waals surface area contributed by atoms with Crippen molar-refractivity contribution in [3.8, 4) is 0 Å². The zero-order chi connectivity index (χ0) is 14.3. The molecule has 112 valence electrons. The molecule has 1 saturated carbocycles. The average Bonchev–Trinajstić information content (AvgIpc) is 2.97. The zero-order valence-electron chi connectivity index (χ0n) is 11.5. The molecule has 1 saturated heterocycles. The van der Waals surface area contributed by atoms with E-state index in [0.717, 1.165) is 30.8 Å². The van der Waals surface area contributed by atoms with Crippen LogP contribution in [0, 0.1) is 0 Å². The molecule has 0 bridgehead atoms. The van der Waals surface area contributed by atoms with Gasteiger partial charge < -0.3 is 9.67 Å². The molecule has 5 nitrogen and oxygen atoms in total. The van der Waals surface area contributed by atoms with Crippen molar-refractivity contribution in [2.24, 2.45) is 0 Å². The molecule has 1 unspecified atom stereocenters. The van der Waals surface area contributed by atoms with E-state index in [1.165, 1.54) is 4.31 Å². The van der Waals surface area contributed by atoms with Gasteiger partial charge in [-0.05, 0) is 31.1 Å². The van der Waals surface area contributed by atoms with Crippen molar-refractivity contribution in [3.05, 3.63) is 18.0 Å². The number of nitrogens with zero attached hydrogens (tertiary/aromatic N) is 2. The molecular weight excluding hydrogens is 296 g/mol. The van der Waals surface area contributed by atoms with Gasteiger partial charge in [0.25, 0.3) is 0 Å². The van der Waals surface area contributed by atoms with Gasteiger partial charge in [-0.3, -0.25) is 0 Å². The van der Waals surface area contributed by atoms with Crippen molar-refractivity contribution in [3.63, 3.8) is 0 Å². The van der Waals surface area contributed by atoms with Crippen molar-refractivity contribution in [1.82, 2.24) is 8.87 Å². The van der Waals surface area contributed by atoms with Crippen molar-refractivity contribution >= 4 is 21.8 Å². The summed E-state index contributed by atoms with van der Waals surface area (Å²) < 4.78 is 28.8. The predicted octanol–water partition coefficient (Wildman–Crippen LogP) is 1.44. The zero-order valence-corrected chi connectivity index (χ0v) is 13.2. The maximum atomic E-state index is 12.7. The van der Waals surface area contributed by atoms with Gasteiger partial charge in [0.1, 0.15) is 4.90 Å². The Labute approximate surface area is 124 Å². The third kappa shape index (κ3) is 2.52. The molecule has 1 N–H and O–H groups in total. The van der Waals surface area contributed by atoms with Gasteiger partial charge in [-0.1, -0.05) is 0 Å². The van der Waals surface area contributed by atoms with E-state index in [1.54, 1.807) is 31.1 Å². The first kappa shape index (κ1) is 14.4. The van der Waals surface area contributed by atoms with Gasteiger partial charge in [0.05, 0.1) is 6.61 Å². The van der Waals surface area contributed by atoms with Crippen molar-refractivity contribution in [1.29, 1.82) is 0 Å². The van der Waals surface area contributed by atoms with Crippen LogP contribution in [-0.2, 0) is 16.6 Å². The van der Waals surface area contributed by atoms with Crippen LogP contribution in [0.1, 0.15) is 31.0 Å². The fraction of sp³-hybridized carbons (Fsp3) is 0.692. The minimum absolute atomic E-state index is 0.0897. The Kier molecular flexibility index (Phi) is 3.87. The summed E-state index contributed by atoms with van der Waals surface area (Å²) >= 11 is 1.80. The summed E-state index contributed by atoms with van der Waals surface area (Å²) in [5.74, 6) is 1.89. The Bertz CT molecular complexity index is 587. The summed E-state index contributed by atoms with van der Waals surface area (Å²) in [6.07, 6.45) is 4.74. The number of aromatic nitrogens is 1. The molecule has 0 radical (unpaired) electrons. The lowest BCUT2D eigenvalue weighted by molar-refractivity contribution is 0.270. The third-order valence-electron chi connectivity index (χ3n) is 4.11. The van der Waals surface area contributed by atoms with Crippen LogP contribution in [0.5, 0.6) is 0 Å². The number of aliphatic hydroxyl groups is 1. The van der Waals surface area contributed by atoms with Crippen molar-refractivity contribution < 1.29 is 13.5 Å². The lowest BCUT2D eigenvalue weighted by Crippen LogP contribution is -2.36. The number of thioether (sulfide) groups is 1. The molecule has 7 heteroatoms. The van der Waals surface area contributed by atoms with Crippen molar-refractivity contribution in [2.45, 2.75) is 42.8 Å². The first-order valence-corrected chi connectivity index (χ1v) is 9.51. The van der Waals surface area contributed by atoms with Crippen molar-refractivity contribution in [2.75, 3.05) is 18.6 Å². The largest absolute Gasteiger partial charge is 0.390 e. The Balaban J connectivity index is 1.90. The molecule has 0 aromatic carbocycles. The maximum absolute atomic E-state index is 12.7. The molecule has 1 aliphatic carbocycles. The first-order chi connectivity index (χ1) is 9.54. The smallest absolute Gasteiger partial charge is 0.244 e. The summed E-state index contributed by atoms with van der Waals surface area (Å²) in [6, 6.07) is 2.08. The summed E-state index contributed by atoms with van der Waals surface area (Å²) in [5.41, 5.74) is 0.695. The van der Waals surface area contributed by atoms with Gasteiger partial charge in [0, 0.05) is 36.8 Å². The lowest BCUT2D eigenvalue weighted by atomic mass is 10.3. The second-order valence-electron chi connectivity index (χ2n) is 5.50. The van der Waals surface area contributed by atoms with Crippen LogP contribution in [-0.4, -0.2) is 47.0 Å². The predicted molar refractivity (Wildman–Crippen MR) is 79.3 cm³/mol. The molecule has 0 amide bonds. The van der Waals surface area contributed by atoms with Gasteiger partial charge >= 0.3 is 0 Å². The average molecular weight is 316 g/mol. The molecular formula is C13H20N2O3S2. The lowest BCUT2D eigenvalue weighted by Gasteiger charge is -2.22. The molecule has 1 aromatic rings. The van der Waals surface area contributed by atoms with Crippen LogP contribution in [0.15, 0.2) is 17.2 Å². The number of hydrogen-bond acceptors (Lipinski definition) is 4. The highest BCUT2D eigenvalue weighted by atomic mass is 32.2.